The average molecular weight is 698 g/mol. The average Bonchev–Trinajstić information content (AvgIpc) is 3.88. The first-order chi connectivity index (χ1) is 23.2. The van der Waals surface area contributed by atoms with Gasteiger partial charge >= 0.3 is 0 Å². The van der Waals surface area contributed by atoms with Gasteiger partial charge in [0.05, 0.1) is 26.4 Å². The van der Waals surface area contributed by atoms with Crippen LogP contribution in [0, 0.1) is 0 Å². The normalized spacial score (nSPS) is 22.9. The third-order valence-corrected chi connectivity index (χ3v) is 8.84. The minimum atomic E-state index is -1.44. The van der Waals surface area contributed by atoms with E-state index in [2.05, 4.69) is 21.3 Å². The molecule has 8 amide bonds. The molecule has 0 radical (unpaired) electrons. The van der Waals surface area contributed by atoms with E-state index in [0.717, 1.165) is 0 Å². The first-order valence-electron chi connectivity index (χ1n) is 16.2. The summed E-state index contributed by atoms with van der Waals surface area (Å²) >= 11 is 0. The van der Waals surface area contributed by atoms with E-state index in [0.29, 0.717) is 38.5 Å². The molecule has 3 fully saturated rings. The van der Waals surface area contributed by atoms with Crippen LogP contribution < -0.4 is 32.7 Å². The Labute approximate surface area is 282 Å². The molecule has 3 heterocycles. The lowest BCUT2D eigenvalue weighted by atomic mass is 10.1. The molecule has 0 aliphatic carbocycles. The number of amides is 8. The second-order valence-electron chi connectivity index (χ2n) is 12.3. The predicted molar refractivity (Wildman–Crippen MR) is 167 cm³/mol. The Kier molecular flexibility index (Phi) is 14.2. The van der Waals surface area contributed by atoms with Gasteiger partial charge in [0.15, 0.2) is 0 Å². The Morgan fingerprint density at radius 2 is 1.20 bits per heavy atom. The number of primary amides is 1. The monoisotopic (exact) mass is 697 g/mol. The summed E-state index contributed by atoms with van der Waals surface area (Å²) in [6.45, 7) is -0.635. The molecule has 0 unspecified atom stereocenters. The van der Waals surface area contributed by atoms with Crippen LogP contribution in [0.5, 0.6) is 0 Å². The van der Waals surface area contributed by atoms with E-state index in [1.807, 2.05) is 0 Å². The Bertz CT molecular complexity index is 1280. The molecule has 274 valence electrons. The topological polar surface area (TPSA) is 307 Å². The SMILES string of the molecule is C[C@H](NC(=O)CNC(=O)[C@H](CO)NC(=O)[C@@H](N)CO)C(=O)N1CCC[C@H]1C(=O)N1CCC[C@H]1C(=O)N1CCC[C@H]1C(=O)N[C@@H](CO)C(N)=O. The van der Waals surface area contributed by atoms with E-state index in [4.69, 9.17) is 16.6 Å². The molecule has 0 spiro atoms. The first-order valence-corrected chi connectivity index (χ1v) is 16.2. The molecular formula is C29H47N9O11. The van der Waals surface area contributed by atoms with Crippen molar-refractivity contribution >= 4 is 47.3 Å². The van der Waals surface area contributed by atoms with Gasteiger partial charge in [0.2, 0.25) is 47.3 Å². The van der Waals surface area contributed by atoms with Crippen molar-refractivity contribution in [2.75, 3.05) is 46.0 Å². The van der Waals surface area contributed by atoms with E-state index in [-0.39, 0.29) is 19.6 Å². The summed E-state index contributed by atoms with van der Waals surface area (Å²) in [5.74, 6) is -5.53. The molecule has 3 rings (SSSR count). The van der Waals surface area contributed by atoms with Crippen molar-refractivity contribution in [1.29, 1.82) is 0 Å². The number of hydrogen-bond donors (Lipinski definition) is 9. The maximum absolute atomic E-state index is 13.8. The van der Waals surface area contributed by atoms with Crippen LogP contribution in [0.25, 0.3) is 0 Å². The van der Waals surface area contributed by atoms with Crippen molar-refractivity contribution in [2.24, 2.45) is 11.5 Å². The minimum absolute atomic E-state index is 0.229. The fraction of sp³-hybridized carbons (Fsp3) is 0.724. The number of carbonyl (C=O) groups is 8. The van der Waals surface area contributed by atoms with Crippen LogP contribution in [0.1, 0.15) is 45.4 Å². The van der Waals surface area contributed by atoms with Gasteiger partial charge in [-0.15, -0.1) is 0 Å². The fourth-order valence-electron chi connectivity index (χ4n) is 6.18. The maximum atomic E-state index is 13.8. The van der Waals surface area contributed by atoms with E-state index in [9.17, 15) is 48.6 Å². The van der Waals surface area contributed by atoms with Crippen molar-refractivity contribution in [1.82, 2.24) is 36.0 Å². The van der Waals surface area contributed by atoms with Gasteiger partial charge in [-0.1, -0.05) is 0 Å². The van der Waals surface area contributed by atoms with Crippen LogP contribution >= 0.6 is 0 Å². The number of nitrogens with zero attached hydrogens (tertiary/aromatic N) is 3. The number of likely N-dealkylation sites (tertiary alicyclic amines) is 3. The van der Waals surface area contributed by atoms with E-state index in [1.54, 1.807) is 0 Å². The number of carbonyl (C=O) groups excluding carboxylic acids is 8. The lowest BCUT2D eigenvalue weighted by Gasteiger charge is -2.34. The number of nitrogens with one attached hydrogen (secondary N) is 4. The van der Waals surface area contributed by atoms with Crippen LogP contribution in [0.3, 0.4) is 0 Å². The van der Waals surface area contributed by atoms with Crippen LogP contribution in [0.2, 0.25) is 0 Å². The highest BCUT2D eigenvalue weighted by Crippen LogP contribution is 2.28. The highest BCUT2D eigenvalue weighted by molar-refractivity contribution is 5.97. The standard InChI is InChI=1S/C29H47N9O11/c1-15(33-22(42)11-32-25(45)18(14-41)35-24(44)16(30)12-39)27(47)37-9-3-6-20(37)29(49)38-10-4-7-21(38)28(48)36-8-2-5-19(36)26(46)34-17(13-40)23(31)43/h15-21,39-41H,2-14,30H2,1H3,(H2,31,43)(H,32,45)(H,33,42)(H,34,46)(H,35,44)/t15-,16-,17-,18-,19-,20-,21-/m0/s1. The van der Waals surface area contributed by atoms with E-state index < -0.39 is 116 Å². The Balaban J connectivity index is 1.58. The quantitative estimate of drug-likeness (QED) is 0.0772. The van der Waals surface area contributed by atoms with Gasteiger partial charge in [0.1, 0.15) is 42.3 Å². The molecule has 7 atom stereocenters. The van der Waals surface area contributed by atoms with Crippen molar-refractivity contribution < 1.29 is 53.7 Å². The first kappa shape index (κ1) is 39.0. The zero-order valence-corrected chi connectivity index (χ0v) is 27.3. The van der Waals surface area contributed by atoms with Gasteiger partial charge in [0.25, 0.3) is 0 Å². The smallest absolute Gasteiger partial charge is 0.246 e. The minimum Gasteiger partial charge on any atom is -0.394 e. The summed E-state index contributed by atoms with van der Waals surface area (Å²) in [5.41, 5.74) is 10.6. The third-order valence-electron chi connectivity index (χ3n) is 8.84. The predicted octanol–water partition coefficient (Wildman–Crippen LogP) is -6.66. The molecule has 0 saturated carbocycles. The van der Waals surface area contributed by atoms with Gasteiger partial charge < -0.3 is 62.8 Å². The zero-order valence-electron chi connectivity index (χ0n) is 27.3. The Hall–Kier alpha value is -4.40. The van der Waals surface area contributed by atoms with Crippen LogP contribution in [0.15, 0.2) is 0 Å². The molecule has 3 aliphatic rings. The van der Waals surface area contributed by atoms with Crippen molar-refractivity contribution in [3.8, 4) is 0 Å². The second-order valence-corrected chi connectivity index (χ2v) is 12.3. The highest BCUT2D eigenvalue weighted by Gasteiger charge is 2.46. The van der Waals surface area contributed by atoms with Crippen LogP contribution in [0.4, 0.5) is 0 Å². The lowest BCUT2D eigenvalue weighted by molar-refractivity contribution is -0.151. The fourth-order valence-corrected chi connectivity index (χ4v) is 6.18. The molecule has 0 aromatic rings. The molecule has 0 aromatic carbocycles. The Morgan fingerprint density at radius 1 is 0.694 bits per heavy atom. The summed E-state index contributed by atoms with van der Waals surface area (Å²) in [6, 6.07) is -7.83. The van der Waals surface area contributed by atoms with Crippen molar-refractivity contribution in [2.45, 2.75) is 87.7 Å². The van der Waals surface area contributed by atoms with Crippen molar-refractivity contribution in [3.05, 3.63) is 0 Å². The molecule has 3 saturated heterocycles. The molecule has 0 aromatic heterocycles. The molecule has 0 bridgehead atoms. The molecule has 3 aliphatic heterocycles. The number of aliphatic hydroxyl groups excluding tert-OH is 3. The van der Waals surface area contributed by atoms with Crippen LogP contribution in [-0.4, -0.2) is 166 Å². The highest BCUT2D eigenvalue weighted by atomic mass is 16.3. The maximum Gasteiger partial charge on any atom is 0.246 e. The summed E-state index contributed by atoms with van der Waals surface area (Å²) in [4.78, 5) is 106. The molecule has 20 heteroatoms. The van der Waals surface area contributed by atoms with E-state index in [1.165, 1.54) is 21.6 Å². The molecule has 11 N–H and O–H groups in total. The molecule has 49 heavy (non-hydrogen) atoms. The summed E-state index contributed by atoms with van der Waals surface area (Å²) in [5, 5.41) is 36.9. The van der Waals surface area contributed by atoms with Gasteiger partial charge in [-0.3, -0.25) is 38.4 Å². The largest absolute Gasteiger partial charge is 0.394 e. The Morgan fingerprint density at radius 3 is 1.73 bits per heavy atom. The summed E-state index contributed by atoms with van der Waals surface area (Å²) < 4.78 is 0. The molecule has 20 nitrogen and oxygen atoms in total. The van der Waals surface area contributed by atoms with Crippen molar-refractivity contribution in [3.63, 3.8) is 0 Å². The number of nitrogens with two attached hydrogens (primary N) is 2. The van der Waals surface area contributed by atoms with Gasteiger partial charge in [0, 0.05) is 19.6 Å². The number of hydrogen-bond acceptors (Lipinski definition) is 12. The van der Waals surface area contributed by atoms with Crippen LogP contribution in [-0.2, 0) is 38.4 Å². The summed E-state index contributed by atoms with van der Waals surface area (Å²) in [7, 11) is 0. The second kappa shape index (κ2) is 17.8. The lowest BCUT2D eigenvalue weighted by Crippen LogP contribution is -2.58. The van der Waals surface area contributed by atoms with Gasteiger partial charge in [-0.05, 0) is 45.4 Å². The number of rotatable bonds is 15. The zero-order chi connectivity index (χ0) is 36.4. The number of aliphatic hydroxyl groups is 3. The van der Waals surface area contributed by atoms with Gasteiger partial charge in [-0.25, -0.2) is 0 Å². The third kappa shape index (κ3) is 9.61. The molecular weight excluding hydrogens is 650 g/mol. The summed E-state index contributed by atoms with van der Waals surface area (Å²) in [6.07, 6.45) is 2.54. The van der Waals surface area contributed by atoms with E-state index >= 15 is 0 Å². The van der Waals surface area contributed by atoms with Gasteiger partial charge in [-0.2, -0.15) is 0 Å².